The van der Waals surface area contributed by atoms with Crippen LogP contribution in [-0.4, -0.2) is 60.3 Å². The molecule has 0 spiro atoms. The van der Waals surface area contributed by atoms with E-state index in [0.29, 0.717) is 27.3 Å². The molecule has 12 nitrogen and oxygen atoms in total. The number of aromatic hydroxyl groups is 1. The molecular formula is C29H28N2O10S2. The van der Waals surface area contributed by atoms with Crippen LogP contribution >= 0.6 is 10.8 Å². The highest BCUT2D eigenvalue weighted by Crippen LogP contribution is 2.42. The van der Waals surface area contributed by atoms with Crippen molar-refractivity contribution in [1.29, 1.82) is 0 Å². The molecule has 0 radical (unpaired) electrons. The number of phenolic OH excluding ortho intramolecular Hbond substituents is 1. The first-order valence-corrected chi connectivity index (χ1v) is 16.1. The van der Waals surface area contributed by atoms with Crippen LogP contribution in [0.15, 0.2) is 63.8 Å². The van der Waals surface area contributed by atoms with Crippen molar-refractivity contribution in [3.8, 4) is 28.2 Å². The highest BCUT2D eigenvalue weighted by Gasteiger charge is 2.27. The topological polar surface area (TPSA) is 189 Å². The number of carbonyl (C=O) groups is 3. The average molecular weight is 629 g/mol. The van der Waals surface area contributed by atoms with E-state index in [0.717, 1.165) is 6.26 Å². The van der Waals surface area contributed by atoms with Gasteiger partial charge in [0.1, 0.15) is 28.7 Å². The Balaban J connectivity index is 1.75. The molecule has 0 saturated heterocycles. The number of alkyl carbamates (subject to hydrolysis) is 1. The Bertz CT molecular complexity index is 1880. The van der Waals surface area contributed by atoms with Crippen LogP contribution in [0.4, 0.5) is 10.5 Å². The first kappa shape index (κ1) is 31.4. The van der Waals surface area contributed by atoms with Gasteiger partial charge in [-0.05, 0) is 73.5 Å². The summed E-state index contributed by atoms with van der Waals surface area (Å²) in [4.78, 5) is 50.0. The third kappa shape index (κ3) is 7.84. The number of carboxylic acids is 1. The molecule has 2 amide bonds. The van der Waals surface area contributed by atoms with Gasteiger partial charge >= 0.3 is 12.1 Å². The molecular weight excluding hydrogens is 600 g/mol. The lowest BCUT2D eigenvalue weighted by Crippen LogP contribution is -2.47. The molecule has 226 valence electrons. The van der Waals surface area contributed by atoms with Crippen molar-refractivity contribution in [3.63, 3.8) is 0 Å². The highest BCUT2D eigenvalue weighted by atomic mass is 33.1. The Morgan fingerprint density at radius 2 is 1.72 bits per heavy atom. The second kappa shape index (κ2) is 12.0. The van der Waals surface area contributed by atoms with Crippen LogP contribution < -0.4 is 16.1 Å². The van der Waals surface area contributed by atoms with Crippen LogP contribution in [0.5, 0.6) is 5.75 Å². The fourth-order valence-electron chi connectivity index (χ4n) is 4.22. The van der Waals surface area contributed by atoms with Gasteiger partial charge in [0.05, 0.1) is 5.56 Å². The SMILES string of the molecule is CC(C)(C)OC(=O)NC(CSS(C)(=O)=O)C(=O)Nc1ccc(-c2c3ccc(=O)cc-3oc3cc(O)ccc23)c(C(=O)O)c1. The molecule has 1 heterocycles. The van der Waals surface area contributed by atoms with Gasteiger partial charge in [0.2, 0.25) is 5.91 Å². The van der Waals surface area contributed by atoms with Gasteiger partial charge in [-0.3, -0.25) is 9.59 Å². The van der Waals surface area contributed by atoms with Gasteiger partial charge in [-0.15, -0.1) is 0 Å². The average Bonchev–Trinajstić information content (AvgIpc) is 2.88. The predicted octanol–water partition coefficient (Wildman–Crippen LogP) is 4.49. The van der Waals surface area contributed by atoms with Gasteiger partial charge in [-0.2, -0.15) is 0 Å². The lowest BCUT2D eigenvalue weighted by atomic mass is 9.90. The van der Waals surface area contributed by atoms with Gasteiger partial charge < -0.3 is 30.0 Å². The number of carboxylic acid groups (broad SMARTS) is 1. The Morgan fingerprint density at radius 3 is 2.37 bits per heavy atom. The highest BCUT2D eigenvalue weighted by molar-refractivity contribution is 8.71. The molecule has 43 heavy (non-hydrogen) atoms. The zero-order valence-corrected chi connectivity index (χ0v) is 25.1. The quantitative estimate of drug-likeness (QED) is 0.159. The summed E-state index contributed by atoms with van der Waals surface area (Å²) in [6.45, 7) is 4.87. The van der Waals surface area contributed by atoms with Crippen LogP contribution in [0.2, 0.25) is 0 Å². The molecule has 4 rings (SSSR count). The molecule has 0 fully saturated rings. The number of benzene rings is 3. The third-order valence-electron chi connectivity index (χ3n) is 5.92. The number of hydrogen-bond acceptors (Lipinski definition) is 10. The normalized spacial score (nSPS) is 12.6. The summed E-state index contributed by atoms with van der Waals surface area (Å²) in [5.74, 6) is -2.40. The zero-order valence-electron chi connectivity index (χ0n) is 23.5. The summed E-state index contributed by atoms with van der Waals surface area (Å²) < 4.78 is 34.5. The van der Waals surface area contributed by atoms with Gasteiger partial charge in [-0.1, -0.05) is 6.07 Å². The van der Waals surface area contributed by atoms with Crippen molar-refractivity contribution in [2.75, 3.05) is 17.3 Å². The summed E-state index contributed by atoms with van der Waals surface area (Å²) in [6, 6.07) is 11.2. The summed E-state index contributed by atoms with van der Waals surface area (Å²) in [5.41, 5.74) is -0.0703. The number of carbonyl (C=O) groups excluding carboxylic acids is 2. The Morgan fingerprint density at radius 1 is 1.02 bits per heavy atom. The van der Waals surface area contributed by atoms with Gasteiger partial charge in [0, 0.05) is 46.3 Å². The van der Waals surface area contributed by atoms with Crippen LogP contribution in [0.25, 0.3) is 33.4 Å². The number of phenols is 1. The molecule has 1 atom stereocenters. The maximum atomic E-state index is 13.2. The minimum absolute atomic E-state index is 0.0558. The van der Waals surface area contributed by atoms with E-state index in [9.17, 15) is 37.8 Å². The summed E-state index contributed by atoms with van der Waals surface area (Å²) in [5, 5.41) is 25.5. The molecule has 2 aromatic rings. The standard InChI is InChI=1S/C29H28N2O10S2/c1-29(2,3)41-28(37)31-22(14-42-43(4,38)39)26(34)30-15-5-8-18(21(11-15)27(35)36)25-19-9-6-16(32)12-23(19)40-24-13-17(33)7-10-20(24)25/h5-13,22,32H,14H2,1-4H3,(H,30,34)(H,31,37)(H,35,36). The van der Waals surface area contributed by atoms with E-state index >= 15 is 0 Å². The summed E-state index contributed by atoms with van der Waals surface area (Å²) in [6.07, 6.45) is 0.0189. The zero-order chi connectivity index (χ0) is 31.7. The summed E-state index contributed by atoms with van der Waals surface area (Å²) >= 11 is 0. The van der Waals surface area contributed by atoms with Crippen molar-refractivity contribution in [2.45, 2.75) is 32.4 Å². The van der Waals surface area contributed by atoms with E-state index in [-0.39, 0.29) is 45.1 Å². The van der Waals surface area contributed by atoms with Crippen LogP contribution in [0, 0.1) is 0 Å². The molecule has 1 aliphatic heterocycles. The minimum atomic E-state index is -3.57. The number of nitrogens with one attached hydrogen (secondary N) is 2. The molecule has 0 aromatic heterocycles. The lowest BCUT2D eigenvalue weighted by Gasteiger charge is -2.23. The first-order valence-electron chi connectivity index (χ1n) is 12.7. The fraction of sp³-hybridized carbons (Fsp3) is 0.241. The van der Waals surface area contributed by atoms with Crippen LogP contribution in [0.3, 0.4) is 0 Å². The van der Waals surface area contributed by atoms with Crippen molar-refractivity contribution < 1.29 is 42.2 Å². The Labute approximate surface area is 249 Å². The Hall–Kier alpha value is -4.56. The van der Waals surface area contributed by atoms with E-state index in [1.165, 1.54) is 48.5 Å². The number of hydrogen-bond donors (Lipinski definition) is 4. The number of amides is 2. The fourth-order valence-corrected chi connectivity index (χ4v) is 5.99. The molecule has 14 heteroatoms. The minimum Gasteiger partial charge on any atom is -0.508 e. The predicted molar refractivity (Wildman–Crippen MR) is 162 cm³/mol. The smallest absolute Gasteiger partial charge is 0.408 e. The van der Waals surface area contributed by atoms with Crippen LogP contribution in [-0.2, 0) is 18.4 Å². The van der Waals surface area contributed by atoms with E-state index in [2.05, 4.69) is 10.6 Å². The maximum absolute atomic E-state index is 13.2. The van der Waals surface area contributed by atoms with Crippen molar-refractivity contribution >= 4 is 54.3 Å². The van der Waals surface area contributed by atoms with Crippen molar-refractivity contribution in [3.05, 3.63) is 70.4 Å². The van der Waals surface area contributed by atoms with E-state index in [1.54, 1.807) is 26.8 Å². The number of rotatable bonds is 8. The molecule has 0 bridgehead atoms. The van der Waals surface area contributed by atoms with E-state index in [4.69, 9.17) is 9.15 Å². The molecule has 1 unspecified atom stereocenters. The largest absolute Gasteiger partial charge is 0.508 e. The summed E-state index contributed by atoms with van der Waals surface area (Å²) in [7, 11) is -3.12. The molecule has 0 saturated carbocycles. The molecule has 2 aromatic carbocycles. The van der Waals surface area contributed by atoms with Gasteiger partial charge in [-0.25, -0.2) is 18.0 Å². The van der Waals surface area contributed by atoms with Gasteiger partial charge in [0.15, 0.2) is 14.3 Å². The maximum Gasteiger partial charge on any atom is 0.408 e. The monoisotopic (exact) mass is 628 g/mol. The lowest BCUT2D eigenvalue weighted by molar-refractivity contribution is -0.117. The molecule has 2 aliphatic rings. The van der Waals surface area contributed by atoms with Crippen molar-refractivity contribution in [1.82, 2.24) is 5.32 Å². The van der Waals surface area contributed by atoms with Gasteiger partial charge in [0.25, 0.3) is 0 Å². The number of ether oxygens (including phenoxy) is 1. The van der Waals surface area contributed by atoms with Crippen molar-refractivity contribution in [2.24, 2.45) is 0 Å². The molecule has 1 aliphatic carbocycles. The second-order valence-electron chi connectivity index (χ2n) is 10.6. The van der Waals surface area contributed by atoms with E-state index in [1.807, 2.05) is 0 Å². The number of aromatic carboxylic acids is 1. The Kier molecular flexibility index (Phi) is 8.74. The number of anilines is 1. The third-order valence-corrected chi connectivity index (χ3v) is 8.51. The van der Waals surface area contributed by atoms with Crippen LogP contribution in [0.1, 0.15) is 31.1 Å². The second-order valence-corrected chi connectivity index (χ2v) is 15.1. The first-order chi connectivity index (χ1) is 20.0. The van der Waals surface area contributed by atoms with E-state index < -0.39 is 38.5 Å². The number of fused-ring (bicyclic) bond motifs is 2. The molecule has 4 N–H and O–H groups in total.